The molecule has 1 aromatic rings. The number of rotatable bonds is 3. The second-order valence-corrected chi connectivity index (χ2v) is 6.99. The Morgan fingerprint density at radius 2 is 2.10 bits per heavy atom. The third-order valence-electron chi connectivity index (χ3n) is 4.24. The number of hydrogen-bond donors (Lipinski definition) is 1. The van der Waals surface area contributed by atoms with Crippen molar-refractivity contribution < 1.29 is 5.11 Å². The minimum Gasteiger partial charge on any atom is -0.392 e. The van der Waals surface area contributed by atoms with Crippen LogP contribution in [0.5, 0.6) is 0 Å². The van der Waals surface area contributed by atoms with Gasteiger partial charge in [0.2, 0.25) is 0 Å². The molecule has 0 bridgehead atoms. The number of aliphatic hydroxyl groups is 1. The molecule has 1 N–H and O–H groups in total. The first-order valence-corrected chi connectivity index (χ1v) is 7.81. The van der Waals surface area contributed by atoms with Crippen LogP contribution in [0, 0.1) is 5.92 Å². The summed E-state index contributed by atoms with van der Waals surface area (Å²) < 4.78 is 0. The molecule has 3 nitrogen and oxygen atoms in total. The zero-order chi connectivity index (χ0) is 14.8. The van der Waals surface area contributed by atoms with Crippen molar-refractivity contribution in [3.05, 3.63) is 23.4 Å². The van der Waals surface area contributed by atoms with E-state index < -0.39 is 0 Å². The summed E-state index contributed by atoms with van der Waals surface area (Å²) in [6.45, 7) is 11.1. The van der Waals surface area contributed by atoms with Gasteiger partial charge in [-0.3, -0.25) is 0 Å². The Morgan fingerprint density at radius 3 is 2.70 bits per heavy atom. The van der Waals surface area contributed by atoms with Gasteiger partial charge in [0.1, 0.15) is 5.82 Å². The summed E-state index contributed by atoms with van der Waals surface area (Å²) >= 11 is 0. The summed E-state index contributed by atoms with van der Waals surface area (Å²) in [6, 6.07) is 4.08. The molecular formula is C17H28N2O. The van der Waals surface area contributed by atoms with Gasteiger partial charge < -0.3 is 10.0 Å². The normalized spacial score (nSPS) is 20.2. The lowest BCUT2D eigenvalue weighted by Gasteiger charge is -2.34. The molecule has 0 aliphatic carbocycles. The molecule has 0 aromatic carbocycles. The van der Waals surface area contributed by atoms with Crippen LogP contribution in [0.15, 0.2) is 12.1 Å². The molecule has 1 saturated heterocycles. The molecule has 0 saturated carbocycles. The van der Waals surface area contributed by atoms with Crippen LogP contribution in [-0.2, 0) is 12.0 Å². The average molecular weight is 276 g/mol. The molecule has 1 unspecified atom stereocenters. The summed E-state index contributed by atoms with van der Waals surface area (Å²) in [7, 11) is 0. The fourth-order valence-electron chi connectivity index (χ4n) is 2.81. The maximum absolute atomic E-state index is 9.50. The second-order valence-electron chi connectivity index (χ2n) is 6.99. The highest BCUT2D eigenvalue weighted by atomic mass is 16.3. The third-order valence-corrected chi connectivity index (χ3v) is 4.24. The van der Waals surface area contributed by atoms with Crippen molar-refractivity contribution in [1.29, 1.82) is 0 Å². The van der Waals surface area contributed by atoms with Crippen molar-refractivity contribution in [2.75, 3.05) is 18.0 Å². The summed E-state index contributed by atoms with van der Waals surface area (Å²) in [4.78, 5) is 7.25. The molecule has 1 aliphatic heterocycles. The predicted octanol–water partition coefficient (Wildman–Crippen LogP) is 3.50. The Bertz CT molecular complexity index is 451. The van der Waals surface area contributed by atoms with E-state index in [0.717, 1.165) is 36.1 Å². The zero-order valence-electron chi connectivity index (χ0n) is 13.3. The van der Waals surface area contributed by atoms with Crippen molar-refractivity contribution in [2.24, 2.45) is 5.92 Å². The molecule has 0 spiro atoms. The fraction of sp³-hybridized carbons (Fsp3) is 0.706. The van der Waals surface area contributed by atoms with E-state index in [2.05, 4.69) is 32.6 Å². The predicted molar refractivity (Wildman–Crippen MR) is 84.1 cm³/mol. The Hall–Kier alpha value is -1.09. The smallest absolute Gasteiger partial charge is 0.129 e. The van der Waals surface area contributed by atoms with Crippen LogP contribution < -0.4 is 4.90 Å². The number of pyridine rings is 1. The molecule has 0 radical (unpaired) electrons. The van der Waals surface area contributed by atoms with E-state index in [1.165, 1.54) is 19.3 Å². The van der Waals surface area contributed by atoms with Gasteiger partial charge >= 0.3 is 0 Å². The van der Waals surface area contributed by atoms with E-state index in [0.29, 0.717) is 0 Å². The van der Waals surface area contributed by atoms with Crippen LogP contribution in [0.1, 0.15) is 58.2 Å². The van der Waals surface area contributed by atoms with Crippen LogP contribution in [0.2, 0.25) is 0 Å². The van der Waals surface area contributed by atoms with E-state index in [4.69, 9.17) is 4.98 Å². The largest absolute Gasteiger partial charge is 0.392 e. The summed E-state index contributed by atoms with van der Waals surface area (Å²) in [5.74, 6) is 1.82. The Balaban J connectivity index is 2.30. The lowest BCUT2D eigenvalue weighted by molar-refractivity contribution is 0.281. The monoisotopic (exact) mass is 276 g/mol. The quantitative estimate of drug-likeness (QED) is 0.918. The van der Waals surface area contributed by atoms with Crippen molar-refractivity contribution in [3.8, 4) is 0 Å². The Morgan fingerprint density at radius 1 is 1.35 bits per heavy atom. The van der Waals surface area contributed by atoms with E-state index >= 15 is 0 Å². The van der Waals surface area contributed by atoms with E-state index in [9.17, 15) is 5.11 Å². The summed E-state index contributed by atoms with van der Waals surface area (Å²) in [5, 5.41) is 9.50. The lowest BCUT2D eigenvalue weighted by atomic mass is 9.90. The van der Waals surface area contributed by atoms with Crippen molar-refractivity contribution in [2.45, 2.75) is 59.0 Å². The van der Waals surface area contributed by atoms with Gasteiger partial charge in [0.25, 0.3) is 0 Å². The number of nitrogens with zero attached hydrogens (tertiary/aromatic N) is 2. The Labute approximate surface area is 123 Å². The average Bonchev–Trinajstić information content (AvgIpc) is 2.46. The lowest BCUT2D eigenvalue weighted by Crippen LogP contribution is -2.36. The second kappa shape index (κ2) is 6.13. The van der Waals surface area contributed by atoms with Crippen LogP contribution in [0.25, 0.3) is 0 Å². The molecule has 1 fully saturated rings. The first-order chi connectivity index (χ1) is 9.44. The van der Waals surface area contributed by atoms with Crippen LogP contribution in [-0.4, -0.2) is 23.2 Å². The standard InChI is InChI=1S/C17H28N2O/c1-5-13-7-6-8-19(11-13)16-10-14(12-20)9-15(18-16)17(2,3)4/h9-10,13,20H,5-8,11-12H2,1-4H3. The van der Waals surface area contributed by atoms with E-state index in [1.54, 1.807) is 0 Å². The van der Waals surface area contributed by atoms with Crippen LogP contribution in [0.4, 0.5) is 5.82 Å². The molecule has 1 atom stereocenters. The highest BCUT2D eigenvalue weighted by Gasteiger charge is 2.22. The number of hydrogen-bond acceptors (Lipinski definition) is 3. The first kappa shape index (κ1) is 15.3. The van der Waals surface area contributed by atoms with Crippen LogP contribution in [0.3, 0.4) is 0 Å². The van der Waals surface area contributed by atoms with Crippen molar-refractivity contribution in [3.63, 3.8) is 0 Å². The topological polar surface area (TPSA) is 36.4 Å². The number of anilines is 1. The molecular weight excluding hydrogens is 248 g/mol. The molecule has 0 amide bonds. The molecule has 1 aliphatic rings. The summed E-state index contributed by atoms with van der Waals surface area (Å²) in [6.07, 6.45) is 3.82. The first-order valence-electron chi connectivity index (χ1n) is 7.81. The number of aromatic nitrogens is 1. The number of piperidine rings is 1. The third kappa shape index (κ3) is 3.51. The maximum atomic E-state index is 9.50. The highest BCUT2D eigenvalue weighted by molar-refractivity contribution is 5.44. The van der Waals surface area contributed by atoms with Crippen LogP contribution >= 0.6 is 0 Å². The maximum Gasteiger partial charge on any atom is 0.129 e. The number of aliphatic hydroxyl groups excluding tert-OH is 1. The van der Waals surface area contributed by atoms with Gasteiger partial charge in [0, 0.05) is 24.2 Å². The minimum atomic E-state index is 0.0138. The molecule has 1 aromatic heterocycles. The van der Waals surface area contributed by atoms with Gasteiger partial charge in [-0.1, -0.05) is 34.1 Å². The SMILES string of the molecule is CCC1CCCN(c2cc(CO)cc(C(C)(C)C)n2)C1. The van der Waals surface area contributed by atoms with Crippen molar-refractivity contribution in [1.82, 2.24) is 4.98 Å². The van der Waals surface area contributed by atoms with E-state index in [-0.39, 0.29) is 12.0 Å². The minimum absolute atomic E-state index is 0.0138. The molecule has 3 heteroatoms. The van der Waals surface area contributed by atoms with Gasteiger partial charge in [0.15, 0.2) is 0 Å². The van der Waals surface area contributed by atoms with Gasteiger partial charge in [-0.05, 0) is 36.5 Å². The van der Waals surface area contributed by atoms with Crippen molar-refractivity contribution >= 4 is 5.82 Å². The van der Waals surface area contributed by atoms with Gasteiger partial charge in [-0.25, -0.2) is 4.98 Å². The molecule has 2 rings (SSSR count). The zero-order valence-corrected chi connectivity index (χ0v) is 13.3. The van der Waals surface area contributed by atoms with E-state index in [1.807, 2.05) is 12.1 Å². The molecule has 2 heterocycles. The Kier molecular flexibility index (Phi) is 4.69. The van der Waals surface area contributed by atoms with Gasteiger partial charge in [-0.15, -0.1) is 0 Å². The molecule has 20 heavy (non-hydrogen) atoms. The fourth-order valence-corrected chi connectivity index (χ4v) is 2.81. The summed E-state index contributed by atoms with van der Waals surface area (Å²) in [5.41, 5.74) is 2.05. The van der Waals surface area contributed by atoms with Gasteiger partial charge in [0.05, 0.1) is 6.61 Å². The molecule has 112 valence electrons. The van der Waals surface area contributed by atoms with Gasteiger partial charge in [-0.2, -0.15) is 0 Å². The highest BCUT2D eigenvalue weighted by Crippen LogP contribution is 2.28.